The Bertz CT molecular complexity index is 402. The van der Waals surface area contributed by atoms with Crippen molar-refractivity contribution in [3.8, 4) is 0 Å². The van der Waals surface area contributed by atoms with Crippen molar-refractivity contribution in [2.24, 2.45) is 0 Å². The molecule has 0 aliphatic heterocycles. The van der Waals surface area contributed by atoms with Crippen LogP contribution >= 0.6 is 0 Å². The van der Waals surface area contributed by atoms with Gasteiger partial charge in [-0.25, -0.2) is 8.78 Å². The fourth-order valence-corrected chi connectivity index (χ4v) is 1.30. The first kappa shape index (κ1) is 12.8. The van der Waals surface area contributed by atoms with Gasteiger partial charge in [-0.1, -0.05) is 19.9 Å². The molecule has 2 nitrogen and oxygen atoms in total. The van der Waals surface area contributed by atoms with E-state index in [0.717, 1.165) is 6.07 Å². The normalized spacial score (nSPS) is 10.9. The fraction of sp³-hybridized carbons (Fsp3) is 0.417. The van der Waals surface area contributed by atoms with Gasteiger partial charge in [0.15, 0.2) is 5.78 Å². The zero-order valence-electron chi connectivity index (χ0n) is 9.60. The quantitative estimate of drug-likeness (QED) is 0.800. The lowest BCUT2D eigenvalue weighted by Crippen LogP contribution is -2.30. The SMILES string of the molecule is Cc1ccc(F)c(C(=O)CNC(C)C)c1F. The third-order valence-corrected chi connectivity index (χ3v) is 2.23. The lowest BCUT2D eigenvalue weighted by atomic mass is 10.1. The zero-order chi connectivity index (χ0) is 12.3. The minimum atomic E-state index is -0.807. The van der Waals surface area contributed by atoms with E-state index >= 15 is 0 Å². The molecule has 0 aliphatic carbocycles. The van der Waals surface area contributed by atoms with Gasteiger partial charge in [0.05, 0.1) is 12.1 Å². The van der Waals surface area contributed by atoms with E-state index in [1.54, 1.807) is 0 Å². The summed E-state index contributed by atoms with van der Waals surface area (Å²) in [6.07, 6.45) is 0. The van der Waals surface area contributed by atoms with E-state index in [1.165, 1.54) is 13.0 Å². The van der Waals surface area contributed by atoms with Gasteiger partial charge >= 0.3 is 0 Å². The number of Topliss-reactive ketones (excluding diaryl/α,β-unsaturated/α-hetero) is 1. The summed E-state index contributed by atoms with van der Waals surface area (Å²) in [5.74, 6) is -2.14. The van der Waals surface area contributed by atoms with Crippen LogP contribution in [-0.4, -0.2) is 18.4 Å². The van der Waals surface area contributed by atoms with Crippen molar-refractivity contribution in [2.45, 2.75) is 26.8 Å². The van der Waals surface area contributed by atoms with E-state index in [4.69, 9.17) is 0 Å². The maximum absolute atomic E-state index is 13.5. The number of aryl methyl sites for hydroxylation is 1. The number of nitrogens with one attached hydrogen (secondary N) is 1. The zero-order valence-corrected chi connectivity index (χ0v) is 9.60. The van der Waals surface area contributed by atoms with Gasteiger partial charge in [0, 0.05) is 6.04 Å². The number of hydrogen-bond acceptors (Lipinski definition) is 2. The minimum absolute atomic E-state index is 0.0606. The molecule has 1 N–H and O–H groups in total. The average Bonchev–Trinajstić information content (AvgIpc) is 2.21. The van der Waals surface area contributed by atoms with Gasteiger partial charge in [-0.15, -0.1) is 0 Å². The summed E-state index contributed by atoms with van der Waals surface area (Å²) in [5, 5.41) is 2.83. The summed E-state index contributed by atoms with van der Waals surface area (Å²) in [6, 6.07) is 2.53. The number of ketones is 1. The largest absolute Gasteiger partial charge is 0.307 e. The minimum Gasteiger partial charge on any atom is -0.307 e. The van der Waals surface area contributed by atoms with Crippen LogP contribution < -0.4 is 5.32 Å². The summed E-state index contributed by atoms with van der Waals surface area (Å²) < 4.78 is 26.9. The number of carbonyl (C=O) groups excluding carboxylic acids is 1. The molecule has 1 aromatic carbocycles. The Morgan fingerprint density at radius 1 is 1.38 bits per heavy atom. The van der Waals surface area contributed by atoms with E-state index in [0.29, 0.717) is 0 Å². The van der Waals surface area contributed by atoms with Crippen LogP contribution in [0, 0.1) is 18.6 Å². The van der Waals surface area contributed by atoms with Crippen LogP contribution in [0.4, 0.5) is 8.78 Å². The maximum Gasteiger partial charge on any atom is 0.182 e. The van der Waals surface area contributed by atoms with Crippen LogP contribution in [-0.2, 0) is 0 Å². The molecule has 0 aliphatic rings. The Kier molecular flexibility index (Phi) is 4.12. The Morgan fingerprint density at radius 2 is 2.00 bits per heavy atom. The summed E-state index contributed by atoms with van der Waals surface area (Å²) in [6.45, 7) is 5.16. The van der Waals surface area contributed by atoms with Crippen LogP contribution in [0.1, 0.15) is 29.8 Å². The molecule has 0 fully saturated rings. The van der Waals surface area contributed by atoms with Crippen molar-refractivity contribution in [1.82, 2.24) is 5.32 Å². The van der Waals surface area contributed by atoms with E-state index in [1.807, 2.05) is 13.8 Å². The van der Waals surface area contributed by atoms with Crippen molar-refractivity contribution < 1.29 is 13.6 Å². The number of hydrogen-bond donors (Lipinski definition) is 1. The van der Waals surface area contributed by atoms with Gasteiger partial charge in [-0.3, -0.25) is 4.79 Å². The second kappa shape index (κ2) is 5.16. The molecule has 0 atom stereocenters. The highest BCUT2D eigenvalue weighted by atomic mass is 19.1. The van der Waals surface area contributed by atoms with Gasteiger partial charge in [0.25, 0.3) is 0 Å². The topological polar surface area (TPSA) is 29.1 Å². The Balaban J connectivity index is 2.95. The first-order valence-corrected chi connectivity index (χ1v) is 5.14. The number of rotatable bonds is 4. The predicted molar refractivity (Wildman–Crippen MR) is 58.6 cm³/mol. The molecular formula is C12H15F2NO. The second-order valence-electron chi connectivity index (χ2n) is 4.01. The molecule has 0 saturated heterocycles. The molecule has 0 spiro atoms. The van der Waals surface area contributed by atoms with E-state index < -0.39 is 23.0 Å². The standard InChI is InChI=1S/C12H15F2NO/c1-7(2)15-6-10(16)11-9(13)5-4-8(3)12(11)14/h4-5,7,15H,6H2,1-3H3. The summed E-state index contributed by atoms with van der Waals surface area (Å²) in [7, 11) is 0. The Hall–Kier alpha value is -1.29. The lowest BCUT2D eigenvalue weighted by Gasteiger charge is -2.09. The Labute approximate surface area is 93.7 Å². The maximum atomic E-state index is 13.5. The van der Waals surface area contributed by atoms with Gasteiger partial charge < -0.3 is 5.32 Å². The monoisotopic (exact) mass is 227 g/mol. The molecular weight excluding hydrogens is 212 g/mol. The number of halogens is 2. The highest BCUT2D eigenvalue weighted by molar-refractivity contribution is 5.98. The summed E-state index contributed by atoms with van der Waals surface area (Å²) in [4.78, 5) is 11.6. The average molecular weight is 227 g/mol. The smallest absolute Gasteiger partial charge is 0.182 e. The molecule has 1 rings (SSSR count). The molecule has 0 aromatic heterocycles. The molecule has 0 radical (unpaired) electrons. The molecule has 0 saturated carbocycles. The first-order valence-electron chi connectivity index (χ1n) is 5.14. The lowest BCUT2D eigenvalue weighted by molar-refractivity contribution is 0.0980. The van der Waals surface area contributed by atoms with Gasteiger partial charge in [-0.05, 0) is 18.6 Å². The number of benzene rings is 1. The highest BCUT2D eigenvalue weighted by Gasteiger charge is 2.18. The van der Waals surface area contributed by atoms with Gasteiger partial charge in [0.2, 0.25) is 0 Å². The molecule has 16 heavy (non-hydrogen) atoms. The van der Waals surface area contributed by atoms with E-state index in [9.17, 15) is 13.6 Å². The van der Waals surface area contributed by atoms with Crippen LogP contribution in [0.5, 0.6) is 0 Å². The van der Waals surface area contributed by atoms with Crippen LogP contribution in [0.3, 0.4) is 0 Å². The van der Waals surface area contributed by atoms with Gasteiger partial charge in [0.1, 0.15) is 11.6 Å². The number of carbonyl (C=O) groups is 1. The van der Waals surface area contributed by atoms with Crippen molar-refractivity contribution >= 4 is 5.78 Å². The summed E-state index contributed by atoms with van der Waals surface area (Å²) in [5.41, 5.74) is -0.178. The third kappa shape index (κ3) is 2.85. The van der Waals surface area contributed by atoms with Crippen molar-refractivity contribution in [3.05, 3.63) is 34.9 Å². The molecule has 0 amide bonds. The van der Waals surface area contributed by atoms with Crippen LogP contribution in [0.15, 0.2) is 12.1 Å². The fourth-order valence-electron chi connectivity index (χ4n) is 1.30. The van der Waals surface area contributed by atoms with Crippen molar-refractivity contribution in [1.29, 1.82) is 0 Å². The predicted octanol–water partition coefficient (Wildman–Crippen LogP) is 2.45. The first-order chi connectivity index (χ1) is 7.43. The molecule has 0 heterocycles. The third-order valence-electron chi connectivity index (χ3n) is 2.23. The second-order valence-corrected chi connectivity index (χ2v) is 4.01. The highest BCUT2D eigenvalue weighted by Crippen LogP contribution is 2.16. The Morgan fingerprint density at radius 3 is 2.56 bits per heavy atom. The molecule has 1 aromatic rings. The van der Waals surface area contributed by atoms with Crippen LogP contribution in [0.2, 0.25) is 0 Å². The van der Waals surface area contributed by atoms with Crippen molar-refractivity contribution in [3.63, 3.8) is 0 Å². The molecule has 0 unspecified atom stereocenters. The summed E-state index contributed by atoms with van der Waals surface area (Å²) >= 11 is 0. The molecule has 4 heteroatoms. The molecule has 88 valence electrons. The van der Waals surface area contributed by atoms with E-state index in [-0.39, 0.29) is 18.2 Å². The van der Waals surface area contributed by atoms with Crippen molar-refractivity contribution in [2.75, 3.05) is 6.54 Å². The van der Waals surface area contributed by atoms with E-state index in [2.05, 4.69) is 5.32 Å². The van der Waals surface area contributed by atoms with Gasteiger partial charge in [-0.2, -0.15) is 0 Å². The molecule has 0 bridgehead atoms. The van der Waals surface area contributed by atoms with Crippen LogP contribution in [0.25, 0.3) is 0 Å².